The smallest absolute Gasteiger partial charge is 0.0731 e. The molecule has 1 aromatic heterocycles. The fourth-order valence-electron chi connectivity index (χ4n) is 2.81. The van der Waals surface area contributed by atoms with Crippen LogP contribution in [0.3, 0.4) is 0 Å². The van der Waals surface area contributed by atoms with Crippen LogP contribution in [0.4, 0.5) is 0 Å². The highest BCUT2D eigenvalue weighted by molar-refractivity contribution is 6.25. The van der Waals surface area contributed by atoms with E-state index < -0.39 is 0 Å². The molecule has 1 saturated carbocycles. The number of aromatic nitrogens is 1. The average molecular weight is 294 g/mol. The highest BCUT2D eigenvalue weighted by atomic mass is 35.5. The first kappa shape index (κ1) is 15.5. The standard InChI is InChI=1S/C17H24ClNO/c1-2-11-20-13-15-5-8-17(19-12-15)16-6-3-14(4-7-16)9-10-18/h5,8-10,12,14,16H,2-4,6-7,11,13H2,1H3. The number of hydrogen-bond acceptors (Lipinski definition) is 2. The Kier molecular flexibility index (Phi) is 6.55. The molecule has 3 heteroatoms. The Morgan fingerprint density at radius 2 is 2.10 bits per heavy atom. The van der Waals surface area contributed by atoms with Gasteiger partial charge in [-0.1, -0.05) is 30.7 Å². The molecule has 0 N–H and O–H groups in total. The average Bonchev–Trinajstić information content (AvgIpc) is 2.49. The minimum atomic E-state index is 0.612. The first-order chi connectivity index (χ1) is 9.83. The maximum Gasteiger partial charge on any atom is 0.0731 e. The number of nitrogens with zero attached hydrogens (tertiary/aromatic N) is 1. The van der Waals surface area contributed by atoms with Crippen LogP contribution < -0.4 is 0 Å². The molecule has 20 heavy (non-hydrogen) atoms. The van der Waals surface area contributed by atoms with Crippen molar-refractivity contribution in [2.75, 3.05) is 6.61 Å². The third-order valence-electron chi connectivity index (χ3n) is 4.00. The Morgan fingerprint density at radius 1 is 1.30 bits per heavy atom. The number of ether oxygens (including phenoxy) is 1. The summed E-state index contributed by atoms with van der Waals surface area (Å²) in [5.41, 5.74) is 4.06. The summed E-state index contributed by atoms with van der Waals surface area (Å²) in [6.45, 7) is 3.62. The summed E-state index contributed by atoms with van der Waals surface area (Å²) in [4.78, 5) is 4.63. The Morgan fingerprint density at radius 3 is 2.70 bits per heavy atom. The van der Waals surface area contributed by atoms with Crippen LogP contribution in [-0.2, 0) is 11.3 Å². The molecule has 0 radical (unpaired) electrons. The van der Waals surface area contributed by atoms with E-state index in [4.69, 9.17) is 16.3 Å². The molecule has 0 unspecified atom stereocenters. The molecule has 1 heterocycles. The van der Waals surface area contributed by atoms with Gasteiger partial charge in [-0.25, -0.2) is 0 Å². The van der Waals surface area contributed by atoms with Crippen molar-refractivity contribution in [3.05, 3.63) is 41.2 Å². The Bertz CT molecular complexity index is 408. The second-order valence-electron chi connectivity index (χ2n) is 5.57. The lowest BCUT2D eigenvalue weighted by atomic mass is 9.80. The summed E-state index contributed by atoms with van der Waals surface area (Å²) in [5, 5.41) is 0. The largest absolute Gasteiger partial charge is 0.377 e. The van der Waals surface area contributed by atoms with Crippen LogP contribution in [0.5, 0.6) is 0 Å². The number of pyridine rings is 1. The number of rotatable bonds is 6. The van der Waals surface area contributed by atoms with Crippen LogP contribution in [0.25, 0.3) is 0 Å². The third-order valence-corrected chi connectivity index (χ3v) is 4.15. The van der Waals surface area contributed by atoms with E-state index >= 15 is 0 Å². The molecule has 0 spiro atoms. The SMILES string of the molecule is CCCOCc1ccc(C2CCC(C=CCl)CC2)nc1. The topological polar surface area (TPSA) is 22.1 Å². The monoisotopic (exact) mass is 293 g/mol. The predicted octanol–water partition coefficient (Wildman–Crippen LogP) is 5.03. The predicted molar refractivity (Wildman–Crippen MR) is 83.9 cm³/mol. The molecular formula is C17H24ClNO. The summed E-state index contributed by atoms with van der Waals surface area (Å²) < 4.78 is 5.54. The van der Waals surface area contributed by atoms with E-state index in [1.54, 1.807) is 5.54 Å². The van der Waals surface area contributed by atoms with Crippen molar-refractivity contribution in [3.8, 4) is 0 Å². The fraction of sp³-hybridized carbons (Fsp3) is 0.588. The van der Waals surface area contributed by atoms with Crippen LogP contribution in [0.2, 0.25) is 0 Å². The van der Waals surface area contributed by atoms with Gasteiger partial charge in [0.2, 0.25) is 0 Å². The van der Waals surface area contributed by atoms with Gasteiger partial charge in [-0.05, 0) is 49.7 Å². The fourth-order valence-corrected chi connectivity index (χ4v) is 3.01. The maximum absolute atomic E-state index is 5.65. The van der Waals surface area contributed by atoms with Gasteiger partial charge >= 0.3 is 0 Å². The minimum Gasteiger partial charge on any atom is -0.377 e. The molecule has 0 aromatic carbocycles. The lowest BCUT2D eigenvalue weighted by molar-refractivity contribution is 0.121. The highest BCUT2D eigenvalue weighted by Gasteiger charge is 2.21. The molecular weight excluding hydrogens is 270 g/mol. The van der Waals surface area contributed by atoms with Crippen molar-refractivity contribution in [3.63, 3.8) is 0 Å². The quantitative estimate of drug-likeness (QED) is 0.686. The van der Waals surface area contributed by atoms with Gasteiger partial charge in [0.25, 0.3) is 0 Å². The van der Waals surface area contributed by atoms with Gasteiger partial charge in [-0.2, -0.15) is 0 Å². The van der Waals surface area contributed by atoms with E-state index in [9.17, 15) is 0 Å². The summed E-state index contributed by atoms with van der Waals surface area (Å²) in [6.07, 6.45) is 10.0. The van der Waals surface area contributed by atoms with Crippen molar-refractivity contribution < 1.29 is 4.74 Å². The zero-order valence-electron chi connectivity index (χ0n) is 12.2. The van der Waals surface area contributed by atoms with Gasteiger partial charge in [0.1, 0.15) is 0 Å². The van der Waals surface area contributed by atoms with Gasteiger partial charge in [0.15, 0.2) is 0 Å². The molecule has 110 valence electrons. The summed E-state index contributed by atoms with van der Waals surface area (Å²) in [5.74, 6) is 1.27. The molecule has 0 atom stereocenters. The Labute approximate surface area is 127 Å². The van der Waals surface area contributed by atoms with Crippen molar-refractivity contribution in [2.24, 2.45) is 5.92 Å². The molecule has 1 fully saturated rings. The van der Waals surface area contributed by atoms with Crippen LogP contribution in [0, 0.1) is 5.92 Å². The Hall–Kier alpha value is -0.860. The van der Waals surface area contributed by atoms with Gasteiger partial charge < -0.3 is 4.74 Å². The molecule has 0 amide bonds. The number of halogens is 1. The van der Waals surface area contributed by atoms with E-state index in [1.165, 1.54) is 36.9 Å². The van der Waals surface area contributed by atoms with E-state index in [1.807, 2.05) is 6.20 Å². The van der Waals surface area contributed by atoms with Crippen LogP contribution >= 0.6 is 11.6 Å². The molecule has 0 aliphatic heterocycles. The van der Waals surface area contributed by atoms with E-state index in [0.717, 1.165) is 13.0 Å². The summed E-state index contributed by atoms with van der Waals surface area (Å²) in [6, 6.07) is 4.33. The van der Waals surface area contributed by atoms with Gasteiger partial charge in [-0.3, -0.25) is 4.98 Å². The second-order valence-corrected chi connectivity index (χ2v) is 5.83. The van der Waals surface area contributed by atoms with Crippen molar-refractivity contribution in [2.45, 2.75) is 51.6 Å². The van der Waals surface area contributed by atoms with E-state index in [0.29, 0.717) is 18.4 Å². The van der Waals surface area contributed by atoms with E-state index in [-0.39, 0.29) is 0 Å². The molecule has 1 aliphatic rings. The Balaban J connectivity index is 1.84. The lowest BCUT2D eigenvalue weighted by Crippen LogP contribution is -2.12. The van der Waals surface area contributed by atoms with E-state index in [2.05, 4.69) is 30.1 Å². The lowest BCUT2D eigenvalue weighted by Gasteiger charge is -2.26. The zero-order valence-corrected chi connectivity index (χ0v) is 13.0. The zero-order chi connectivity index (χ0) is 14.2. The van der Waals surface area contributed by atoms with Crippen molar-refractivity contribution >= 4 is 11.6 Å². The number of allylic oxidation sites excluding steroid dienone is 1. The maximum atomic E-state index is 5.65. The van der Waals surface area contributed by atoms with Crippen LogP contribution in [0.15, 0.2) is 29.9 Å². The second kappa shape index (κ2) is 8.43. The van der Waals surface area contributed by atoms with Gasteiger partial charge in [0.05, 0.1) is 6.61 Å². The van der Waals surface area contributed by atoms with Crippen LogP contribution in [0.1, 0.15) is 56.2 Å². The minimum absolute atomic E-state index is 0.612. The highest BCUT2D eigenvalue weighted by Crippen LogP contribution is 2.35. The summed E-state index contributed by atoms with van der Waals surface area (Å²) >= 11 is 5.65. The molecule has 1 aliphatic carbocycles. The third kappa shape index (κ3) is 4.60. The van der Waals surface area contributed by atoms with Gasteiger partial charge in [-0.15, -0.1) is 0 Å². The molecule has 1 aromatic rings. The molecule has 2 nitrogen and oxygen atoms in total. The molecule has 0 bridgehead atoms. The van der Waals surface area contributed by atoms with Crippen molar-refractivity contribution in [1.29, 1.82) is 0 Å². The van der Waals surface area contributed by atoms with Crippen molar-refractivity contribution in [1.82, 2.24) is 4.98 Å². The summed E-state index contributed by atoms with van der Waals surface area (Å²) in [7, 11) is 0. The van der Waals surface area contributed by atoms with Crippen LogP contribution in [-0.4, -0.2) is 11.6 Å². The van der Waals surface area contributed by atoms with Gasteiger partial charge in [0, 0.05) is 30.0 Å². The number of hydrogen-bond donors (Lipinski definition) is 0. The first-order valence-corrected chi connectivity index (χ1v) is 8.06. The molecule has 0 saturated heterocycles. The molecule has 2 rings (SSSR count). The normalized spacial score (nSPS) is 23.3. The first-order valence-electron chi connectivity index (χ1n) is 7.63.